The summed E-state index contributed by atoms with van der Waals surface area (Å²) < 4.78 is 0. The first-order chi connectivity index (χ1) is 11.8. The molecule has 0 spiro atoms. The lowest BCUT2D eigenvalue weighted by molar-refractivity contribution is -0.178. The first-order valence-corrected chi connectivity index (χ1v) is 8.45. The molecule has 0 amide bonds. The minimum Gasteiger partial charge on any atom is -0.479 e. The Balaban J connectivity index is 5.86. The summed E-state index contributed by atoms with van der Waals surface area (Å²) in [6, 6.07) is -1.75. The van der Waals surface area contributed by atoms with Crippen molar-refractivity contribution in [2.45, 2.75) is 63.8 Å². The maximum Gasteiger partial charge on any atom is 0.344 e. The highest BCUT2D eigenvalue weighted by Gasteiger charge is 2.57. The molecular weight excluding hydrogens is 344 g/mol. The highest BCUT2D eigenvalue weighted by Crippen LogP contribution is 2.25. The van der Waals surface area contributed by atoms with Crippen LogP contribution in [-0.2, 0) is 19.2 Å². The summed E-state index contributed by atoms with van der Waals surface area (Å²) in [5, 5.41) is 35.5. The average molecular weight is 374 g/mol. The minimum absolute atomic E-state index is 0.254. The number of hydrogen-bond acceptors (Lipinski definition) is 8. The van der Waals surface area contributed by atoms with Gasteiger partial charge in [-0.2, -0.15) is 0 Å². The first-order valence-electron chi connectivity index (χ1n) is 8.45. The Hall–Kier alpha value is -1.68. The standard InChI is InChI=1S/C17H30N2O7/c1-7-9(2)12(19-6)13(21)16(4,25)14(22)17(26,15(23)24)8-11(20)10(3)18-5/h9-10,12,18-19,25-26H,7-8H2,1-6H3,(H,23,24)/t9?,10-,12-,16?,17?/m0/s1. The Labute approximate surface area is 153 Å². The summed E-state index contributed by atoms with van der Waals surface area (Å²) in [4.78, 5) is 48.8. The topological polar surface area (TPSA) is 153 Å². The molecule has 0 fully saturated rings. The molecule has 0 heterocycles. The van der Waals surface area contributed by atoms with E-state index in [1.54, 1.807) is 6.92 Å². The van der Waals surface area contributed by atoms with Crippen molar-refractivity contribution in [3.05, 3.63) is 0 Å². The van der Waals surface area contributed by atoms with E-state index in [0.717, 1.165) is 6.92 Å². The zero-order chi connectivity index (χ0) is 20.9. The van der Waals surface area contributed by atoms with Crippen LogP contribution in [0.15, 0.2) is 0 Å². The highest BCUT2D eigenvalue weighted by molar-refractivity contribution is 6.22. The fourth-order valence-electron chi connectivity index (χ4n) is 2.55. The van der Waals surface area contributed by atoms with Gasteiger partial charge in [-0.3, -0.25) is 14.4 Å². The number of aliphatic hydroxyl groups is 2. The largest absolute Gasteiger partial charge is 0.479 e. The number of nitrogens with one attached hydrogen (secondary N) is 2. The van der Waals surface area contributed by atoms with E-state index in [2.05, 4.69) is 10.6 Å². The van der Waals surface area contributed by atoms with Gasteiger partial charge in [0.2, 0.25) is 11.4 Å². The molecule has 9 heteroatoms. The van der Waals surface area contributed by atoms with E-state index in [1.165, 1.54) is 21.0 Å². The van der Waals surface area contributed by atoms with Crippen molar-refractivity contribution in [3.63, 3.8) is 0 Å². The van der Waals surface area contributed by atoms with Gasteiger partial charge in [0.1, 0.15) is 0 Å². The number of carbonyl (C=O) groups excluding carboxylic acids is 3. The van der Waals surface area contributed by atoms with Crippen LogP contribution in [-0.4, -0.2) is 76.0 Å². The second kappa shape index (κ2) is 9.31. The zero-order valence-corrected chi connectivity index (χ0v) is 16.1. The van der Waals surface area contributed by atoms with Crippen molar-refractivity contribution in [1.82, 2.24) is 10.6 Å². The Kier molecular flexibility index (Phi) is 8.71. The number of likely N-dealkylation sites (N-methyl/N-ethyl adjacent to an activating group) is 2. The predicted molar refractivity (Wildman–Crippen MR) is 93.7 cm³/mol. The SMILES string of the molecule is CCC(C)[C@H](NC)C(=O)C(C)(O)C(=O)C(O)(CC(=O)[C@H](C)NC)C(=O)O. The molecule has 150 valence electrons. The summed E-state index contributed by atoms with van der Waals surface area (Å²) >= 11 is 0. The van der Waals surface area contributed by atoms with Gasteiger partial charge in [-0.25, -0.2) is 4.79 Å². The van der Waals surface area contributed by atoms with Crippen LogP contribution in [0.4, 0.5) is 0 Å². The van der Waals surface area contributed by atoms with Crippen LogP contribution in [0.3, 0.4) is 0 Å². The smallest absolute Gasteiger partial charge is 0.344 e. The summed E-state index contributed by atoms with van der Waals surface area (Å²) in [6.45, 7) is 5.80. The van der Waals surface area contributed by atoms with Crippen LogP contribution in [0.5, 0.6) is 0 Å². The van der Waals surface area contributed by atoms with Gasteiger partial charge in [-0.1, -0.05) is 20.3 Å². The number of carboxylic acids is 1. The number of aliphatic carboxylic acids is 1. The van der Waals surface area contributed by atoms with Gasteiger partial charge in [-0.05, 0) is 33.9 Å². The van der Waals surface area contributed by atoms with Crippen LogP contribution in [0.2, 0.25) is 0 Å². The fraction of sp³-hybridized carbons (Fsp3) is 0.765. The van der Waals surface area contributed by atoms with Gasteiger partial charge in [0, 0.05) is 0 Å². The van der Waals surface area contributed by atoms with Crippen LogP contribution in [0, 0.1) is 5.92 Å². The highest BCUT2D eigenvalue weighted by atomic mass is 16.4. The third-order valence-corrected chi connectivity index (χ3v) is 4.80. The minimum atomic E-state index is -3.21. The number of hydrogen-bond donors (Lipinski definition) is 5. The van der Waals surface area contributed by atoms with E-state index in [0.29, 0.717) is 6.42 Å². The van der Waals surface area contributed by atoms with Crippen molar-refractivity contribution >= 4 is 23.3 Å². The predicted octanol–water partition coefficient (Wildman–Crippen LogP) is -1.11. The van der Waals surface area contributed by atoms with Crippen molar-refractivity contribution in [3.8, 4) is 0 Å². The molecule has 5 N–H and O–H groups in total. The van der Waals surface area contributed by atoms with Gasteiger partial charge in [0.05, 0.1) is 18.5 Å². The van der Waals surface area contributed by atoms with E-state index in [4.69, 9.17) is 0 Å². The monoisotopic (exact) mass is 374 g/mol. The van der Waals surface area contributed by atoms with Gasteiger partial charge < -0.3 is 26.0 Å². The van der Waals surface area contributed by atoms with Crippen molar-refractivity contribution in [2.75, 3.05) is 14.1 Å². The van der Waals surface area contributed by atoms with E-state index < -0.39 is 53.0 Å². The molecule has 0 aliphatic carbocycles. The van der Waals surface area contributed by atoms with Crippen molar-refractivity contribution in [2.24, 2.45) is 5.92 Å². The molecule has 5 atom stereocenters. The number of rotatable bonds is 12. The van der Waals surface area contributed by atoms with Gasteiger partial charge >= 0.3 is 5.97 Å². The zero-order valence-electron chi connectivity index (χ0n) is 16.1. The number of Topliss-reactive ketones (excluding diaryl/α,β-unsaturated/α-hetero) is 3. The molecule has 0 saturated heterocycles. The van der Waals surface area contributed by atoms with Crippen molar-refractivity contribution in [1.29, 1.82) is 0 Å². The Morgan fingerprint density at radius 2 is 1.54 bits per heavy atom. The fourth-order valence-corrected chi connectivity index (χ4v) is 2.55. The lowest BCUT2D eigenvalue weighted by atomic mass is 9.76. The molecular formula is C17H30N2O7. The number of carbonyl (C=O) groups is 4. The third-order valence-electron chi connectivity index (χ3n) is 4.80. The average Bonchev–Trinajstić information content (AvgIpc) is 2.59. The van der Waals surface area contributed by atoms with Crippen LogP contribution in [0.1, 0.15) is 40.5 Å². The molecule has 0 rings (SSSR count). The molecule has 0 aromatic carbocycles. The number of ketones is 3. The molecule has 0 aromatic heterocycles. The quantitative estimate of drug-likeness (QED) is 0.268. The summed E-state index contributed by atoms with van der Waals surface area (Å²) in [7, 11) is 2.92. The lowest BCUT2D eigenvalue weighted by Crippen LogP contribution is -2.64. The summed E-state index contributed by atoms with van der Waals surface area (Å²) in [5.41, 5.74) is -6.00. The Bertz CT molecular complexity index is 561. The molecule has 0 aliphatic rings. The molecule has 3 unspecified atom stereocenters. The molecule has 0 aromatic rings. The molecule has 0 saturated carbocycles. The molecule has 26 heavy (non-hydrogen) atoms. The normalized spacial score (nSPS) is 19.5. The Morgan fingerprint density at radius 3 is 1.88 bits per heavy atom. The van der Waals surface area contributed by atoms with Gasteiger partial charge in [0.25, 0.3) is 0 Å². The maximum absolute atomic E-state index is 12.6. The van der Waals surface area contributed by atoms with E-state index in [-0.39, 0.29) is 5.92 Å². The summed E-state index contributed by atoms with van der Waals surface area (Å²) in [6.07, 6.45) is -0.511. The second-order valence-corrected chi connectivity index (χ2v) is 6.74. The van der Waals surface area contributed by atoms with Gasteiger partial charge in [-0.15, -0.1) is 0 Å². The van der Waals surface area contributed by atoms with Crippen LogP contribution >= 0.6 is 0 Å². The number of carboxylic acid groups (broad SMARTS) is 1. The van der Waals surface area contributed by atoms with Gasteiger partial charge in [0.15, 0.2) is 17.2 Å². The maximum atomic E-state index is 12.6. The van der Waals surface area contributed by atoms with Crippen LogP contribution < -0.4 is 10.6 Å². The van der Waals surface area contributed by atoms with Crippen LogP contribution in [0.25, 0.3) is 0 Å². The third kappa shape index (κ3) is 4.94. The van der Waals surface area contributed by atoms with Crippen molar-refractivity contribution < 1.29 is 34.5 Å². The first kappa shape index (κ1) is 24.3. The van der Waals surface area contributed by atoms with E-state index >= 15 is 0 Å². The molecule has 0 radical (unpaired) electrons. The molecule has 0 aliphatic heterocycles. The molecule has 0 bridgehead atoms. The Morgan fingerprint density at radius 1 is 1.04 bits per heavy atom. The lowest BCUT2D eigenvalue weighted by Gasteiger charge is -2.33. The second-order valence-electron chi connectivity index (χ2n) is 6.74. The molecule has 9 nitrogen and oxygen atoms in total. The summed E-state index contributed by atoms with van der Waals surface area (Å²) in [5.74, 6) is -5.61. The van der Waals surface area contributed by atoms with E-state index in [1.807, 2.05) is 6.92 Å². The van der Waals surface area contributed by atoms with E-state index in [9.17, 15) is 34.5 Å².